The SMILES string of the molecule is Cc1ccc(F)c(C2NCc3ccccc32)c1F. The minimum Gasteiger partial charge on any atom is -0.302 e. The predicted octanol–water partition coefficient (Wildman–Crippen LogP) is 3.47. The second kappa shape index (κ2) is 4.18. The van der Waals surface area contributed by atoms with Crippen molar-refractivity contribution in [2.75, 3.05) is 0 Å². The predicted molar refractivity (Wildman–Crippen MR) is 66.2 cm³/mol. The summed E-state index contributed by atoms with van der Waals surface area (Å²) in [5, 5.41) is 3.17. The van der Waals surface area contributed by atoms with Gasteiger partial charge in [0.15, 0.2) is 0 Å². The highest BCUT2D eigenvalue weighted by Crippen LogP contribution is 2.34. The van der Waals surface area contributed by atoms with Crippen LogP contribution in [0.25, 0.3) is 0 Å². The van der Waals surface area contributed by atoms with E-state index in [4.69, 9.17) is 0 Å². The molecule has 1 N–H and O–H groups in total. The molecule has 3 heteroatoms. The Morgan fingerprint density at radius 1 is 1.11 bits per heavy atom. The highest BCUT2D eigenvalue weighted by molar-refractivity contribution is 5.43. The van der Waals surface area contributed by atoms with Crippen LogP contribution in [0.4, 0.5) is 8.78 Å². The van der Waals surface area contributed by atoms with Crippen LogP contribution in [0.5, 0.6) is 0 Å². The molecular formula is C15H13F2N. The standard InChI is InChI=1S/C15H13F2N/c1-9-6-7-12(16)13(14(9)17)15-11-5-3-2-4-10(11)8-18-15/h2-7,15,18H,8H2,1H3. The van der Waals surface area contributed by atoms with Gasteiger partial charge >= 0.3 is 0 Å². The Morgan fingerprint density at radius 3 is 2.72 bits per heavy atom. The van der Waals surface area contributed by atoms with Crippen LogP contribution >= 0.6 is 0 Å². The Bertz CT molecular complexity index is 607. The third-order valence-corrected chi connectivity index (χ3v) is 3.47. The first kappa shape index (κ1) is 11.4. The zero-order chi connectivity index (χ0) is 12.7. The fourth-order valence-corrected chi connectivity index (χ4v) is 2.50. The molecule has 0 aliphatic carbocycles. The average Bonchev–Trinajstić information content (AvgIpc) is 2.79. The number of nitrogens with one attached hydrogen (secondary N) is 1. The zero-order valence-electron chi connectivity index (χ0n) is 10.0. The molecule has 92 valence electrons. The van der Waals surface area contributed by atoms with Crippen LogP contribution in [0, 0.1) is 18.6 Å². The van der Waals surface area contributed by atoms with E-state index in [1.165, 1.54) is 12.1 Å². The van der Waals surface area contributed by atoms with Crippen molar-refractivity contribution in [2.24, 2.45) is 0 Å². The number of aryl methyl sites for hydroxylation is 1. The van der Waals surface area contributed by atoms with Gasteiger partial charge in [-0.15, -0.1) is 0 Å². The summed E-state index contributed by atoms with van der Waals surface area (Å²) in [7, 11) is 0. The van der Waals surface area contributed by atoms with Gasteiger partial charge in [-0.3, -0.25) is 0 Å². The molecule has 1 unspecified atom stereocenters. The van der Waals surface area contributed by atoms with E-state index in [1.54, 1.807) is 6.92 Å². The van der Waals surface area contributed by atoms with Crippen LogP contribution in [-0.2, 0) is 6.54 Å². The van der Waals surface area contributed by atoms with Crippen LogP contribution in [0.15, 0.2) is 36.4 Å². The monoisotopic (exact) mass is 245 g/mol. The van der Waals surface area contributed by atoms with Gasteiger partial charge in [-0.25, -0.2) is 8.78 Å². The highest BCUT2D eigenvalue weighted by atomic mass is 19.1. The van der Waals surface area contributed by atoms with Gasteiger partial charge in [-0.2, -0.15) is 0 Å². The highest BCUT2D eigenvalue weighted by Gasteiger charge is 2.28. The maximum atomic E-state index is 14.1. The van der Waals surface area contributed by atoms with Gasteiger partial charge in [0.1, 0.15) is 11.6 Å². The van der Waals surface area contributed by atoms with Crippen molar-refractivity contribution >= 4 is 0 Å². The van der Waals surface area contributed by atoms with E-state index in [1.807, 2.05) is 24.3 Å². The molecule has 0 bridgehead atoms. The minimum absolute atomic E-state index is 0.125. The zero-order valence-corrected chi connectivity index (χ0v) is 10.0. The lowest BCUT2D eigenvalue weighted by Crippen LogP contribution is -2.17. The Labute approximate surface area is 104 Å². The van der Waals surface area contributed by atoms with Crippen LogP contribution < -0.4 is 5.32 Å². The van der Waals surface area contributed by atoms with Gasteiger partial charge in [0.05, 0.1) is 6.04 Å². The molecule has 0 amide bonds. The molecule has 18 heavy (non-hydrogen) atoms. The first-order valence-corrected chi connectivity index (χ1v) is 5.94. The van der Waals surface area contributed by atoms with Crippen molar-refractivity contribution in [2.45, 2.75) is 19.5 Å². The van der Waals surface area contributed by atoms with E-state index in [-0.39, 0.29) is 11.6 Å². The summed E-state index contributed by atoms with van der Waals surface area (Å²) < 4.78 is 28.0. The summed E-state index contributed by atoms with van der Waals surface area (Å²) in [5.41, 5.74) is 2.65. The summed E-state index contributed by atoms with van der Waals surface area (Å²) in [6.45, 7) is 2.30. The molecule has 1 aliphatic rings. The molecule has 1 atom stereocenters. The summed E-state index contributed by atoms with van der Waals surface area (Å²) in [4.78, 5) is 0. The van der Waals surface area contributed by atoms with E-state index in [2.05, 4.69) is 5.32 Å². The van der Waals surface area contributed by atoms with E-state index in [0.717, 1.165) is 11.1 Å². The third kappa shape index (κ3) is 1.63. The molecule has 0 saturated carbocycles. The smallest absolute Gasteiger partial charge is 0.134 e. The van der Waals surface area contributed by atoms with Gasteiger partial charge in [0.25, 0.3) is 0 Å². The number of fused-ring (bicyclic) bond motifs is 1. The first-order chi connectivity index (χ1) is 8.68. The molecule has 0 radical (unpaired) electrons. The van der Waals surface area contributed by atoms with Crippen LogP contribution in [0.1, 0.15) is 28.3 Å². The molecule has 0 aromatic heterocycles. The van der Waals surface area contributed by atoms with Crippen LogP contribution in [-0.4, -0.2) is 0 Å². The molecule has 1 nitrogen and oxygen atoms in total. The van der Waals surface area contributed by atoms with Crippen molar-refractivity contribution in [3.8, 4) is 0 Å². The molecular weight excluding hydrogens is 232 g/mol. The summed E-state index contributed by atoms with van der Waals surface area (Å²) >= 11 is 0. The Balaban J connectivity index is 2.16. The largest absolute Gasteiger partial charge is 0.302 e. The van der Waals surface area contributed by atoms with E-state index < -0.39 is 11.6 Å². The normalized spacial score (nSPS) is 17.8. The van der Waals surface area contributed by atoms with Crippen molar-refractivity contribution in [3.63, 3.8) is 0 Å². The minimum atomic E-state index is -0.493. The summed E-state index contributed by atoms with van der Waals surface area (Å²) in [5.74, 6) is -0.948. The maximum Gasteiger partial charge on any atom is 0.134 e. The summed E-state index contributed by atoms with van der Waals surface area (Å²) in [6.07, 6.45) is 0. The van der Waals surface area contributed by atoms with Crippen molar-refractivity contribution in [1.29, 1.82) is 0 Å². The number of hydrogen-bond donors (Lipinski definition) is 1. The van der Waals surface area contributed by atoms with Gasteiger partial charge < -0.3 is 5.32 Å². The van der Waals surface area contributed by atoms with Gasteiger partial charge in [-0.1, -0.05) is 30.3 Å². The Hall–Kier alpha value is -1.74. The lowest BCUT2D eigenvalue weighted by molar-refractivity contribution is 0.516. The lowest BCUT2D eigenvalue weighted by Gasteiger charge is -2.15. The molecule has 0 saturated heterocycles. The number of rotatable bonds is 1. The number of halogens is 2. The molecule has 1 aliphatic heterocycles. The topological polar surface area (TPSA) is 12.0 Å². The molecule has 1 heterocycles. The van der Waals surface area contributed by atoms with E-state index in [0.29, 0.717) is 12.1 Å². The second-order valence-corrected chi connectivity index (χ2v) is 4.60. The van der Waals surface area contributed by atoms with Gasteiger partial charge in [-0.05, 0) is 29.7 Å². The Kier molecular flexibility index (Phi) is 2.63. The second-order valence-electron chi connectivity index (χ2n) is 4.60. The fraction of sp³-hybridized carbons (Fsp3) is 0.200. The molecule has 3 rings (SSSR count). The average molecular weight is 245 g/mol. The lowest BCUT2D eigenvalue weighted by atomic mass is 9.96. The Morgan fingerprint density at radius 2 is 1.89 bits per heavy atom. The van der Waals surface area contributed by atoms with Crippen molar-refractivity contribution < 1.29 is 8.78 Å². The van der Waals surface area contributed by atoms with Crippen LogP contribution in [0.2, 0.25) is 0 Å². The molecule has 2 aromatic carbocycles. The van der Waals surface area contributed by atoms with Crippen molar-refractivity contribution in [1.82, 2.24) is 5.32 Å². The molecule has 0 fully saturated rings. The number of hydrogen-bond acceptors (Lipinski definition) is 1. The first-order valence-electron chi connectivity index (χ1n) is 5.94. The molecule has 2 aromatic rings. The van der Waals surface area contributed by atoms with E-state index >= 15 is 0 Å². The fourth-order valence-electron chi connectivity index (χ4n) is 2.50. The maximum absolute atomic E-state index is 14.1. The number of benzene rings is 2. The van der Waals surface area contributed by atoms with Crippen molar-refractivity contribution in [3.05, 3.63) is 70.3 Å². The van der Waals surface area contributed by atoms with E-state index in [9.17, 15) is 8.78 Å². The molecule has 0 spiro atoms. The van der Waals surface area contributed by atoms with Gasteiger partial charge in [0, 0.05) is 12.1 Å². The third-order valence-electron chi connectivity index (χ3n) is 3.47. The quantitative estimate of drug-likeness (QED) is 0.811. The van der Waals surface area contributed by atoms with Crippen LogP contribution in [0.3, 0.4) is 0 Å². The van der Waals surface area contributed by atoms with Gasteiger partial charge in [0.2, 0.25) is 0 Å². The summed E-state index contributed by atoms with van der Waals surface area (Å²) in [6, 6.07) is 10.1.